The summed E-state index contributed by atoms with van der Waals surface area (Å²) in [6.45, 7) is 1.10. The monoisotopic (exact) mass is 428 g/mol. The summed E-state index contributed by atoms with van der Waals surface area (Å²) in [7, 11) is 5.00. The van der Waals surface area contributed by atoms with Crippen LogP contribution in [0.15, 0.2) is 67.3 Å². The van der Waals surface area contributed by atoms with Crippen molar-refractivity contribution in [2.75, 3.05) is 21.3 Å². The minimum Gasteiger partial charge on any atom is -0.496 e. The van der Waals surface area contributed by atoms with Crippen LogP contribution >= 0.6 is 0 Å². The number of aromatic nitrogens is 4. The number of hydrogen-bond acceptors (Lipinski definition) is 5. The number of rotatable bonds is 7. The van der Waals surface area contributed by atoms with Crippen molar-refractivity contribution in [2.45, 2.75) is 13.1 Å². The maximum Gasteiger partial charge on any atom is 0.136 e. The quantitative estimate of drug-likeness (QED) is 0.382. The van der Waals surface area contributed by atoms with Crippen molar-refractivity contribution in [3.8, 4) is 17.2 Å². The van der Waals surface area contributed by atoms with Gasteiger partial charge in [0, 0.05) is 6.07 Å². The molecule has 0 amide bonds. The average Bonchev–Trinajstić information content (AvgIpc) is 3.44. The van der Waals surface area contributed by atoms with E-state index < -0.39 is 0 Å². The van der Waals surface area contributed by atoms with Crippen molar-refractivity contribution in [1.82, 2.24) is 19.1 Å². The van der Waals surface area contributed by atoms with Gasteiger partial charge in [-0.2, -0.15) is 0 Å². The van der Waals surface area contributed by atoms with Gasteiger partial charge in [-0.25, -0.2) is 9.97 Å². The fraction of sp³-hybridized carbons (Fsp3) is 0.200. The molecule has 0 spiro atoms. The van der Waals surface area contributed by atoms with Crippen LogP contribution in [0, 0.1) is 0 Å². The van der Waals surface area contributed by atoms with Gasteiger partial charge in [-0.05, 0) is 24.3 Å². The molecule has 2 aromatic heterocycles. The molecule has 0 saturated heterocycles. The second kappa shape index (κ2) is 8.26. The van der Waals surface area contributed by atoms with Gasteiger partial charge in [-0.3, -0.25) is 0 Å². The van der Waals surface area contributed by atoms with E-state index in [1.165, 1.54) is 0 Å². The summed E-state index contributed by atoms with van der Waals surface area (Å²) in [5.41, 5.74) is 5.86. The Morgan fingerprint density at radius 1 is 0.656 bits per heavy atom. The number of para-hydroxylation sites is 4. The molecule has 0 unspecified atom stereocenters. The lowest BCUT2D eigenvalue weighted by Gasteiger charge is -2.21. The van der Waals surface area contributed by atoms with Crippen LogP contribution < -0.4 is 14.2 Å². The van der Waals surface area contributed by atoms with E-state index in [4.69, 9.17) is 14.2 Å². The molecule has 32 heavy (non-hydrogen) atoms. The van der Waals surface area contributed by atoms with Crippen LogP contribution in [0.1, 0.15) is 11.1 Å². The molecule has 0 atom stereocenters. The number of hydrogen-bond donors (Lipinski definition) is 0. The van der Waals surface area contributed by atoms with Crippen molar-refractivity contribution in [1.29, 1.82) is 0 Å². The van der Waals surface area contributed by atoms with Crippen LogP contribution in [-0.4, -0.2) is 40.4 Å². The Hall–Kier alpha value is -4.00. The molecule has 7 heteroatoms. The van der Waals surface area contributed by atoms with E-state index in [9.17, 15) is 0 Å². The molecule has 0 saturated carbocycles. The molecule has 5 aromatic rings. The molecule has 0 fully saturated rings. The van der Waals surface area contributed by atoms with E-state index >= 15 is 0 Å². The van der Waals surface area contributed by atoms with E-state index in [1.54, 1.807) is 21.3 Å². The fourth-order valence-electron chi connectivity index (χ4n) is 4.22. The SMILES string of the molecule is COc1cc(OC)c(Cn2cnc3ccccc32)c(OC)c1Cn1cnc2ccccc21. The molecule has 162 valence electrons. The molecule has 2 heterocycles. The summed E-state index contributed by atoms with van der Waals surface area (Å²) >= 11 is 0. The summed E-state index contributed by atoms with van der Waals surface area (Å²) in [6.07, 6.45) is 3.69. The van der Waals surface area contributed by atoms with Crippen molar-refractivity contribution in [3.63, 3.8) is 0 Å². The smallest absolute Gasteiger partial charge is 0.136 e. The fourth-order valence-corrected chi connectivity index (χ4v) is 4.22. The molecule has 7 nitrogen and oxygen atoms in total. The number of methoxy groups -OCH3 is 3. The molecule has 0 aliphatic rings. The first kappa shape index (κ1) is 19.9. The highest BCUT2D eigenvalue weighted by atomic mass is 16.5. The van der Waals surface area contributed by atoms with E-state index in [0.717, 1.165) is 38.9 Å². The minimum absolute atomic E-state index is 0.550. The Bertz CT molecular complexity index is 1300. The van der Waals surface area contributed by atoms with E-state index in [-0.39, 0.29) is 0 Å². The maximum absolute atomic E-state index is 5.96. The highest BCUT2D eigenvalue weighted by Gasteiger charge is 2.22. The number of fused-ring (bicyclic) bond motifs is 2. The van der Waals surface area contributed by atoms with Crippen molar-refractivity contribution in [2.24, 2.45) is 0 Å². The Morgan fingerprint density at radius 2 is 1.12 bits per heavy atom. The first-order valence-corrected chi connectivity index (χ1v) is 10.3. The number of nitrogens with zero attached hydrogens (tertiary/aromatic N) is 4. The van der Waals surface area contributed by atoms with Gasteiger partial charge in [0.25, 0.3) is 0 Å². The highest BCUT2D eigenvalue weighted by molar-refractivity contribution is 5.76. The molecule has 0 bridgehead atoms. The first-order valence-electron chi connectivity index (χ1n) is 10.3. The van der Waals surface area contributed by atoms with Gasteiger partial charge in [0.05, 0.1) is 80.3 Å². The Morgan fingerprint density at radius 3 is 1.56 bits per heavy atom. The predicted octanol–water partition coefficient (Wildman–Crippen LogP) is 4.51. The second-order valence-corrected chi connectivity index (χ2v) is 7.49. The molecular formula is C25H24N4O3. The Balaban J connectivity index is 1.64. The van der Waals surface area contributed by atoms with Crippen molar-refractivity contribution in [3.05, 3.63) is 78.4 Å². The van der Waals surface area contributed by atoms with E-state index in [0.29, 0.717) is 24.6 Å². The lowest BCUT2D eigenvalue weighted by Crippen LogP contribution is -2.09. The second-order valence-electron chi connectivity index (χ2n) is 7.49. The zero-order chi connectivity index (χ0) is 22.1. The van der Waals surface area contributed by atoms with Crippen LogP contribution in [0.5, 0.6) is 17.2 Å². The number of imidazole rings is 2. The number of ether oxygens (including phenoxy) is 3. The van der Waals surface area contributed by atoms with Crippen molar-refractivity contribution < 1.29 is 14.2 Å². The van der Waals surface area contributed by atoms with Gasteiger partial charge >= 0.3 is 0 Å². The van der Waals surface area contributed by atoms with Crippen LogP contribution in [0.2, 0.25) is 0 Å². The largest absolute Gasteiger partial charge is 0.496 e. The van der Waals surface area contributed by atoms with Gasteiger partial charge in [-0.1, -0.05) is 24.3 Å². The third-order valence-electron chi connectivity index (χ3n) is 5.76. The van der Waals surface area contributed by atoms with Gasteiger partial charge in [0.2, 0.25) is 0 Å². The maximum atomic E-state index is 5.96. The van der Waals surface area contributed by atoms with Crippen molar-refractivity contribution >= 4 is 22.1 Å². The average molecular weight is 428 g/mol. The standard InChI is InChI=1S/C25H24N4O3/c1-30-23-12-24(31-2)18(14-29-16-27-20-9-5-7-11-22(20)29)25(32-3)17(23)13-28-15-26-19-8-4-6-10-21(19)28/h4-12,15-16H,13-14H2,1-3H3. The molecule has 3 aromatic carbocycles. The zero-order valence-corrected chi connectivity index (χ0v) is 18.3. The zero-order valence-electron chi connectivity index (χ0n) is 18.3. The lowest BCUT2D eigenvalue weighted by molar-refractivity contribution is 0.360. The minimum atomic E-state index is 0.550. The van der Waals surface area contributed by atoms with Crippen LogP contribution in [0.25, 0.3) is 22.1 Å². The third kappa shape index (κ3) is 3.32. The van der Waals surface area contributed by atoms with Crippen LogP contribution in [0.3, 0.4) is 0 Å². The summed E-state index contributed by atoms with van der Waals surface area (Å²) in [5, 5.41) is 0. The third-order valence-corrected chi connectivity index (χ3v) is 5.76. The summed E-state index contributed by atoms with van der Waals surface area (Å²) in [5.74, 6) is 2.14. The first-order chi connectivity index (χ1) is 15.7. The molecule has 0 aliphatic carbocycles. The summed E-state index contributed by atoms with van der Waals surface area (Å²) < 4.78 is 21.6. The van der Waals surface area contributed by atoms with Gasteiger partial charge in [0.15, 0.2) is 0 Å². The van der Waals surface area contributed by atoms with Crippen LogP contribution in [-0.2, 0) is 13.1 Å². The summed E-state index contributed by atoms with van der Waals surface area (Å²) in [4.78, 5) is 9.04. The van der Waals surface area contributed by atoms with Gasteiger partial charge in [0.1, 0.15) is 17.2 Å². The lowest BCUT2D eigenvalue weighted by atomic mass is 10.0. The molecule has 0 N–H and O–H groups in total. The topological polar surface area (TPSA) is 63.3 Å². The Kier molecular flexibility index (Phi) is 5.15. The molecule has 5 rings (SSSR count). The normalized spacial score (nSPS) is 11.2. The van der Waals surface area contributed by atoms with Gasteiger partial charge < -0.3 is 23.3 Å². The van der Waals surface area contributed by atoms with Crippen LogP contribution in [0.4, 0.5) is 0 Å². The highest BCUT2D eigenvalue weighted by Crippen LogP contribution is 2.41. The number of benzene rings is 3. The van der Waals surface area contributed by atoms with E-state index in [2.05, 4.69) is 31.2 Å². The van der Waals surface area contributed by atoms with E-state index in [1.807, 2.05) is 55.1 Å². The molecule has 0 radical (unpaired) electrons. The predicted molar refractivity (Wildman–Crippen MR) is 124 cm³/mol. The Labute approximate surface area is 185 Å². The summed E-state index contributed by atoms with van der Waals surface area (Å²) in [6, 6.07) is 18.0. The van der Waals surface area contributed by atoms with Gasteiger partial charge in [-0.15, -0.1) is 0 Å². The molecule has 0 aliphatic heterocycles. The molecular weight excluding hydrogens is 404 g/mol.